The smallest absolute Gasteiger partial charge is 0.267 e. The summed E-state index contributed by atoms with van der Waals surface area (Å²) >= 11 is 1.43. The Bertz CT molecular complexity index is 493. The minimum absolute atomic E-state index is 0.194. The summed E-state index contributed by atoms with van der Waals surface area (Å²) in [6.07, 6.45) is 0. The van der Waals surface area contributed by atoms with Gasteiger partial charge in [0.1, 0.15) is 0 Å². The van der Waals surface area contributed by atoms with E-state index in [2.05, 4.69) is 0 Å². The molecule has 17 heavy (non-hydrogen) atoms. The van der Waals surface area contributed by atoms with Crippen LogP contribution in [0.3, 0.4) is 0 Å². The van der Waals surface area contributed by atoms with Gasteiger partial charge in [0.25, 0.3) is 11.8 Å². The van der Waals surface area contributed by atoms with Crippen LogP contribution in [-0.2, 0) is 9.59 Å². The SMILES string of the molecule is CCSC1=C(c2ccccc2)C(=O)N(C)C1=O. The summed E-state index contributed by atoms with van der Waals surface area (Å²) in [4.78, 5) is 25.7. The van der Waals surface area contributed by atoms with Crippen molar-refractivity contribution in [2.75, 3.05) is 12.8 Å². The Labute approximate surface area is 104 Å². The Morgan fingerprint density at radius 2 is 1.76 bits per heavy atom. The molecule has 3 nitrogen and oxygen atoms in total. The van der Waals surface area contributed by atoms with Crippen LogP contribution in [-0.4, -0.2) is 29.5 Å². The average Bonchev–Trinajstić information content (AvgIpc) is 2.56. The lowest BCUT2D eigenvalue weighted by Crippen LogP contribution is -2.26. The Hall–Kier alpha value is -1.55. The first-order valence-electron chi connectivity index (χ1n) is 5.41. The number of hydrogen-bond donors (Lipinski definition) is 0. The molecule has 4 heteroatoms. The van der Waals surface area contributed by atoms with Crippen molar-refractivity contribution in [3.05, 3.63) is 40.8 Å². The van der Waals surface area contributed by atoms with E-state index in [4.69, 9.17) is 0 Å². The van der Waals surface area contributed by atoms with E-state index in [1.165, 1.54) is 23.7 Å². The zero-order valence-corrected chi connectivity index (χ0v) is 10.6. The molecule has 2 amide bonds. The summed E-state index contributed by atoms with van der Waals surface area (Å²) in [5, 5.41) is 0. The molecular weight excluding hydrogens is 234 g/mol. The molecule has 0 saturated carbocycles. The molecule has 1 aliphatic rings. The third-order valence-electron chi connectivity index (χ3n) is 2.60. The molecule has 1 heterocycles. The van der Waals surface area contributed by atoms with Crippen LogP contribution in [0.1, 0.15) is 12.5 Å². The van der Waals surface area contributed by atoms with Gasteiger partial charge in [-0.2, -0.15) is 0 Å². The second-order valence-corrected chi connectivity index (χ2v) is 4.95. The molecule has 0 aliphatic carbocycles. The zero-order valence-electron chi connectivity index (χ0n) is 9.77. The maximum absolute atomic E-state index is 12.0. The van der Waals surface area contributed by atoms with Gasteiger partial charge in [-0.3, -0.25) is 14.5 Å². The number of nitrogens with zero attached hydrogens (tertiary/aromatic N) is 1. The van der Waals surface area contributed by atoms with E-state index in [1.807, 2.05) is 37.3 Å². The minimum Gasteiger partial charge on any atom is -0.277 e. The molecule has 0 unspecified atom stereocenters. The monoisotopic (exact) mass is 247 g/mol. The Morgan fingerprint density at radius 1 is 1.12 bits per heavy atom. The molecule has 0 bridgehead atoms. The maximum Gasteiger partial charge on any atom is 0.267 e. The number of carbonyl (C=O) groups excluding carboxylic acids is 2. The van der Waals surface area contributed by atoms with Crippen molar-refractivity contribution in [1.29, 1.82) is 0 Å². The lowest BCUT2D eigenvalue weighted by atomic mass is 10.1. The van der Waals surface area contributed by atoms with Crippen LogP contribution >= 0.6 is 11.8 Å². The highest BCUT2D eigenvalue weighted by Crippen LogP contribution is 2.34. The predicted octanol–water partition coefficient (Wildman–Crippen LogP) is 2.15. The van der Waals surface area contributed by atoms with E-state index < -0.39 is 0 Å². The number of thioether (sulfide) groups is 1. The van der Waals surface area contributed by atoms with Crippen molar-refractivity contribution in [1.82, 2.24) is 4.90 Å². The lowest BCUT2D eigenvalue weighted by Gasteiger charge is -2.06. The van der Waals surface area contributed by atoms with Crippen molar-refractivity contribution >= 4 is 29.1 Å². The van der Waals surface area contributed by atoms with E-state index in [-0.39, 0.29) is 11.8 Å². The molecule has 0 spiro atoms. The van der Waals surface area contributed by atoms with Gasteiger partial charge in [0.15, 0.2) is 0 Å². The molecule has 0 aromatic heterocycles. The minimum atomic E-state index is -0.211. The van der Waals surface area contributed by atoms with Crippen molar-refractivity contribution in [2.45, 2.75) is 6.92 Å². The fourth-order valence-corrected chi connectivity index (χ4v) is 2.65. The number of likely N-dealkylation sites (N-methyl/N-ethyl adjacent to an activating group) is 1. The van der Waals surface area contributed by atoms with Gasteiger partial charge >= 0.3 is 0 Å². The summed E-state index contributed by atoms with van der Waals surface area (Å²) in [7, 11) is 1.52. The molecule has 0 atom stereocenters. The summed E-state index contributed by atoms with van der Waals surface area (Å²) in [5.41, 5.74) is 1.34. The molecule has 0 fully saturated rings. The van der Waals surface area contributed by atoms with Crippen molar-refractivity contribution < 1.29 is 9.59 Å². The first kappa shape index (κ1) is 11.9. The fraction of sp³-hybridized carbons (Fsp3) is 0.231. The predicted molar refractivity (Wildman–Crippen MR) is 69.3 cm³/mol. The van der Waals surface area contributed by atoms with Gasteiger partial charge < -0.3 is 0 Å². The van der Waals surface area contributed by atoms with Gasteiger partial charge in [0, 0.05) is 7.05 Å². The first-order chi connectivity index (χ1) is 8.16. The normalized spacial score (nSPS) is 16.0. The average molecular weight is 247 g/mol. The van der Waals surface area contributed by atoms with Crippen LogP contribution in [0.2, 0.25) is 0 Å². The number of amides is 2. The number of benzene rings is 1. The highest BCUT2D eigenvalue weighted by Gasteiger charge is 2.36. The number of imide groups is 1. The van der Waals surface area contributed by atoms with Crippen molar-refractivity contribution in [3.8, 4) is 0 Å². The van der Waals surface area contributed by atoms with Gasteiger partial charge in [-0.1, -0.05) is 37.3 Å². The van der Waals surface area contributed by atoms with Gasteiger partial charge in [-0.05, 0) is 11.3 Å². The summed E-state index contributed by atoms with van der Waals surface area (Å²) in [6.45, 7) is 1.97. The van der Waals surface area contributed by atoms with E-state index in [9.17, 15) is 9.59 Å². The second-order valence-electron chi connectivity index (χ2n) is 3.67. The third kappa shape index (κ3) is 2.00. The number of rotatable bonds is 3. The second kappa shape index (κ2) is 4.75. The van der Waals surface area contributed by atoms with Gasteiger partial charge in [0.05, 0.1) is 10.5 Å². The largest absolute Gasteiger partial charge is 0.277 e. The summed E-state index contributed by atoms with van der Waals surface area (Å²) in [5.74, 6) is 0.372. The highest BCUT2D eigenvalue weighted by molar-refractivity contribution is 8.04. The number of hydrogen-bond acceptors (Lipinski definition) is 3. The van der Waals surface area contributed by atoms with Gasteiger partial charge in [-0.25, -0.2) is 0 Å². The van der Waals surface area contributed by atoms with Crippen LogP contribution < -0.4 is 0 Å². The van der Waals surface area contributed by atoms with E-state index in [0.29, 0.717) is 10.5 Å². The molecule has 1 aromatic carbocycles. The van der Waals surface area contributed by atoms with Crippen LogP contribution in [0.25, 0.3) is 5.57 Å². The highest BCUT2D eigenvalue weighted by atomic mass is 32.2. The maximum atomic E-state index is 12.0. The Balaban J connectivity index is 2.53. The first-order valence-corrected chi connectivity index (χ1v) is 6.40. The van der Waals surface area contributed by atoms with Gasteiger partial charge in [-0.15, -0.1) is 11.8 Å². The van der Waals surface area contributed by atoms with Gasteiger partial charge in [0.2, 0.25) is 0 Å². The fourth-order valence-electron chi connectivity index (χ4n) is 1.75. The van der Waals surface area contributed by atoms with Crippen LogP contribution in [0, 0.1) is 0 Å². The molecule has 0 N–H and O–H groups in total. The summed E-state index contributed by atoms with van der Waals surface area (Å²) < 4.78 is 0. The number of carbonyl (C=O) groups is 2. The lowest BCUT2D eigenvalue weighted by molar-refractivity contribution is -0.134. The Kier molecular flexibility index (Phi) is 3.33. The third-order valence-corrected chi connectivity index (χ3v) is 3.55. The van der Waals surface area contributed by atoms with Crippen LogP contribution in [0.4, 0.5) is 0 Å². The quantitative estimate of drug-likeness (QED) is 0.768. The van der Waals surface area contributed by atoms with E-state index in [1.54, 1.807) is 0 Å². The van der Waals surface area contributed by atoms with E-state index >= 15 is 0 Å². The molecule has 0 radical (unpaired) electrons. The molecule has 1 aromatic rings. The standard InChI is InChI=1S/C13H13NO2S/c1-3-17-11-10(9-7-5-4-6-8-9)12(15)14(2)13(11)16/h4-8H,3H2,1-2H3. The van der Waals surface area contributed by atoms with Crippen molar-refractivity contribution in [3.63, 3.8) is 0 Å². The molecular formula is C13H13NO2S. The Morgan fingerprint density at radius 3 is 2.35 bits per heavy atom. The van der Waals surface area contributed by atoms with Crippen molar-refractivity contribution in [2.24, 2.45) is 0 Å². The molecule has 2 rings (SSSR count). The van der Waals surface area contributed by atoms with Crippen LogP contribution in [0.5, 0.6) is 0 Å². The zero-order chi connectivity index (χ0) is 12.4. The molecule has 1 aliphatic heterocycles. The molecule has 0 saturated heterocycles. The summed E-state index contributed by atoms with van der Waals surface area (Å²) in [6, 6.07) is 9.34. The van der Waals surface area contributed by atoms with E-state index in [0.717, 1.165) is 11.3 Å². The topological polar surface area (TPSA) is 37.4 Å². The molecule has 88 valence electrons. The van der Waals surface area contributed by atoms with Crippen LogP contribution in [0.15, 0.2) is 35.2 Å².